The van der Waals surface area contributed by atoms with Gasteiger partial charge in [0.15, 0.2) is 0 Å². The molecule has 0 fully saturated rings. The van der Waals surface area contributed by atoms with E-state index in [9.17, 15) is 9.59 Å². The zero-order valence-corrected chi connectivity index (χ0v) is 11.9. The van der Waals surface area contributed by atoms with Gasteiger partial charge in [0.05, 0.1) is 6.04 Å². The van der Waals surface area contributed by atoms with Crippen molar-refractivity contribution in [1.82, 2.24) is 16.0 Å². The lowest BCUT2D eigenvalue weighted by Crippen LogP contribution is -2.47. The van der Waals surface area contributed by atoms with Crippen molar-refractivity contribution in [2.75, 3.05) is 7.05 Å². The van der Waals surface area contributed by atoms with E-state index in [-0.39, 0.29) is 11.9 Å². The molecule has 0 aliphatic rings. The summed E-state index contributed by atoms with van der Waals surface area (Å²) in [6.45, 7) is 3.62. The summed E-state index contributed by atoms with van der Waals surface area (Å²) >= 11 is 5.92. The highest BCUT2D eigenvalue weighted by atomic mass is 35.5. The second-order valence-corrected chi connectivity index (χ2v) is 4.67. The van der Waals surface area contributed by atoms with E-state index in [0.717, 1.165) is 5.56 Å². The number of hydrogen-bond acceptors (Lipinski definition) is 3. The molecule has 0 saturated carbocycles. The molecule has 0 heterocycles. The van der Waals surface area contributed by atoms with Crippen LogP contribution in [0.1, 0.15) is 25.5 Å². The second kappa shape index (κ2) is 7.11. The minimum atomic E-state index is -0.519. The van der Waals surface area contributed by atoms with Crippen molar-refractivity contribution in [1.29, 1.82) is 0 Å². The first-order chi connectivity index (χ1) is 8.93. The summed E-state index contributed by atoms with van der Waals surface area (Å²) in [7, 11) is 1.45. The predicted molar refractivity (Wildman–Crippen MR) is 75.1 cm³/mol. The zero-order valence-electron chi connectivity index (χ0n) is 11.2. The third-order valence-electron chi connectivity index (χ3n) is 2.71. The molecular formula is C13H18ClN3O2. The van der Waals surface area contributed by atoms with Gasteiger partial charge in [0.1, 0.15) is 0 Å². The van der Waals surface area contributed by atoms with Crippen LogP contribution in [0, 0.1) is 0 Å². The molecule has 104 valence electrons. The summed E-state index contributed by atoms with van der Waals surface area (Å²) in [5.41, 5.74) is 0.979. The largest absolute Gasteiger partial charge is 0.341 e. The number of carbonyl (C=O) groups is 2. The van der Waals surface area contributed by atoms with Gasteiger partial charge in [-0.2, -0.15) is 0 Å². The lowest BCUT2D eigenvalue weighted by molar-refractivity contribution is -0.121. The number of imide groups is 1. The van der Waals surface area contributed by atoms with Crippen LogP contribution in [-0.2, 0) is 4.79 Å². The van der Waals surface area contributed by atoms with Gasteiger partial charge in [-0.05, 0) is 31.5 Å². The summed E-state index contributed by atoms with van der Waals surface area (Å²) in [4.78, 5) is 22.7. The van der Waals surface area contributed by atoms with Crippen molar-refractivity contribution < 1.29 is 9.59 Å². The summed E-state index contributed by atoms with van der Waals surface area (Å²) in [6.07, 6.45) is 0. The third-order valence-corrected chi connectivity index (χ3v) is 2.94. The summed E-state index contributed by atoms with van der Waals surface area (Å²) in [5.74, 6) is -0.381. The van der Waals surface area contributed by atoms with Crippen molar-refractivity contribution in [3.63, 3.8) is 0 Å². The lowest BCUT2D eigenvalue weighted by Gasteiger charge is -2.19. The van der Waals surface area contributed by atoms with E-state index in [4.69, 9.17) is 11.6 Å². The third kappa shape index (κ3) is 4.89. The number of hydrogen-bond donors (Lipinski definition) is 3. The van der Waals surface area contributed by atoms with Crippen LogP contribution < -0.4 is 16.0 Å². The van der Waals surface area contributed by atoms with E-state index in [0.29, 0.717) is 5.02 Å². The van der Waals surface area contributed by atoms with Crippen LogP contribution >= 0.6 is 11.6 Å². The molecule has 3 N–H and O–H groups in total. The zero-order chi connectivity index (χ0) is 14.4. The van der Waals surface area contributed by atoms with E-state index in [1.165, 1.54) is 7.05 Å². The van der Waals surface area contributed by atoms with Crippen LogP contribution in [0.3, 0.4) is 0 Å². The van der Waals surface area contributed by atoms with Crippen LogP contribution in [0.25, 0.3) is 0 Å². The van der Waals surface area contributed by atoms with E-state index >= 15 is 0 Å². The molecule has 0 aromatic heterocycles. The number of carbonyl (C=O) groups excluding carboxylic acids is 2. The maximum Gasteiger partial charge on any atom is 0.321 e. The van der Waals surface area contributed by atoms with E-state index < -0.39 is 12.1 Å². The average Bonchev–Trinajstić information content (AvgIpc) is 2.38. The number of benzene rings is 1. The summed E-state index contributed by atoms with van der Waals surface area (Å²) < 4.78 is 0. The topological polar surface area (TPSA) is 70.2 Å². The van der Waals surface area contributed by atoms with Gasteiger partial charge >= 0.3 is 6.03 Å². The maximum atomic E-state index is 11.7. The van der Waals surface area contributed by atoms with Crippen LogP contribution in [0.4, 0.5) is 4.79 Å². The van der Waals surface area contributed by atoms with Gasteiger partial charge in [-0.3, -0.25) is 15.4 Å². The molecule has 0 aliphatic carbocycles. The average molecular weight is 284 g/mol. The SMILES string of the molecule is CNC(=O)NC(=O)C(C)N[C@@H](C)c1cccc(Cl)c1. The van der Waals surface area contributed by atoms with E-state index in [1.54, 1.807) is 13.0 Å². The van der Waals surface area contributed by atoms with Gasteiger partial charge in [0.2, 0.25) is 5.91 Å². The Balaban J connectivity index is 2.58. The highest BCUT2D eigenvalue weighted by Gasteiger charge is 2.17. The van der Waals surface area contributed by atoms with Crippen LogP contribution in [0.15, 0.2) is 24.3 Å². The Morgan fingerprint density at radius 2 is 1.95 bits per heavy atom. The number of halogens is 1. The minimum absolute atomic E-state index is 0.0517. The molecule has 6 heteroatoms. The molecule has 0 radical (unpaired) electrons. The molecule has 1 aromatic rings. The molecule has 0 saturated heterocycles. The fourth-order valence-electron chi connectivity index (χ4n) is 1.61. The molecule has 0 aliphatic heterocycles. The number of rotatable bonds is 4. The standard InChI is InChI=1S/C13H18ClN3O2/c1-8(10-5-4-6-11(14)7-10)16-9(2)12(18)17-13(19)15-3/h4-9,16H,1-3H3,(H2,15,17,18,19)/t8-,9?/m0/s1. The molecule has 19 heavy (non-hydrogen) atoms. The molecule has 3 amide bonds. The predicted octanol–water partition coefficient (Wildman–Crippen LogP) is 1.83. The molecular weight excluding hydrogens is 266 g/mol. The number of nitrogens with one attached hydrogen (secondary N) is 3. The first-order valence-corrected chi connectivity index (χ1v) is 6.36. The van der Waals surface area contributed by atoms with Crippen LogP contribution in [0.5, 0.6) is 0 Å². The Kier molecular flexibility index (Phi) is 5.79. The first-order valence-electron chi connectivity index (χ1n) is 5.98. The molecule has 1 aromatic carbocycles. The normalized spacial score (nSPS) is 13.5. The van der Waals surface area contributed by atoms with Crippen LogP contribution in [-0.4, -0.2) is 25.0 Å². The molecule has 0 bridgehead atoms. The lowest BCUT2D eigenvalue weighted by atomic mass is 10.1. The van der Waals surface area contributed by atoms with E-state index in [2.05, 4.69) is 16.0 Å². The molecule has 5 nitrogen and oxygen atoms in total. The summed E-state index contributed by atoms with van der Waals surface area (Å²) in [6, 6.07) is 6.34. The van der Waals surface area contributed by atoms with Crippen LogP contribution in [0.2, 0.25) is 5.02 Å². The Bertz CT molecular complexity index is 465. The Hall–Kier alpha value is -1.59. The van der Waals surface area contributed by atoms with E-state index in [1.807, 2.05) is 25.1 Å². The van der Waals surface area contributed by atoms with Crippen molar-refractivity contribution in [2.24, 2.45) is 0 Å². The van der Waals surface area contributed by atoms with Crippen molar-refractivity contribution in [3.8, 4) is 0 Å². The van der Waals surface area contributed by atoms with Gasteiger partial charge in [-0.15, -0.1) is 0 Å². The smallest absolute Gasteiger partial charge is 0.321 e. The fraction of sp³-hybridized carbons (Fsp3) is 0.385. The van der Waals surface area contributed by atoms with Crippen molar-refractivity contribution >= 4 is 23.5 Å². The Morgan fingerprint density at radius 3 is 2.53 bits per heavy atom. The van der Waals surface area contributed by atoms with Gasteiger partial charge in [-0.25, -0.2) is 4.79 Å². The number of amides is 3. The van der Waals surface area contributed by atoms with Gasteiger partial charge in [0.25, 0.3) is 0 Å². The van der Waals surface area contributed by atoms with Crippen molar-refractivity contribution in [3.05, 3.63) is 34.9 Å². The molecule has 1 unspecified atom stereocenters. The van der Waals surface area contributed by atoms with Gasteiger partial charge < -0.3 is 5.32 Å². The fourth-order valence-corrected chi connectivity index (χ4v) is 1.80. The number of urea groups is 1. The highest BCUT2D eigenvalue weighted by Crippen LogP contribution is 2.17. The minimum Gasteiger partial charge on any atom is -0.341 e. The van der Waals surface area contributed by atoms with Crippen molar-refractivity contribution in [2.45, 2.75) is 25.9 Å². The highest BCUT2D eigenvalue weighted by molar-refractivity contribution is 6.30. The van der Waals surface area contributed by atoms with Gasteiger partial charge in [-0.1, -0.05) is 23.7 Å². The molecule has 2 atom stereocenters. The molecule has 0 spiro atoms. The second-order valence-electron chi connectivity index (χ2n) is 4.23. The Morgan fingerprint density at radius 1 is 1.26 bits per heavy atom. The first kappa shape index (κ1) is 15.5. The maximum absolute atomic E-state index is 11.7. The summed E-state index contributed by atoms with van der Waals surface area (Å²) in [5, 5.41) is 8.30. The molecule has 1 rings (SSSR count). The quantitative estimate of drug-likeness (QED) is 0.790. The van der Waals surface area contributed by atoms with Gasteiger partial charge in [0, 0.05) is 18.1 Å². The Labute approximate surface area is 117 Å². The monoisotopic (exact) mass is 283 g/mol.